The predicted molar refractivity (Wildman–Crippen MR) is 441 cm³/mol. The topological polar surface area (TPSA) is 237 Å². The van der Waals surface area contributed by atoms with Gasteiger partial charge in [-0.2, -0.15) is 0 Å². The largest absolute Gasteiger partial charge is 0.472 e. The zero-order chi connectivity index (χ0) is 78.6. The van der Waals surface area contributed by atoms with Gasteiger partial charge in [0.05, 0.1) is 26.4 Å². The van der Waals surface area contributed by atoms with E-state index >= 15 is 0 Å². The van der Waals surface area contributed by atoms with Gasteiger partial charge in [0.15, 0.2) is 12.2 Å². The van der Waals surface area contributed by atoms with Crippen LogP contribution in [0.4, 0.5) is 0 Å². The van der Waals surface area contributed by atoms with E-state index < -0.39 is 97.5 Å². The SMILES string of the molecule is CCCCCCCCCCCCCCCCCCCCCC(=O)O[C@H](COC(=O)CCCCCCCCC(C)CC)COP(=O)(O)OC[C@H](O)COP(=O)(O)OC[C@@H](COC(=O)CCCCCCCCCCCCCCCCCCC(C)C)OC(=O)CCCCCCCCCCCCCCCCCCC(C)C. The second-order valence-electron chi connectivity index (χ2n) is 32.8. The molecule has 19 heteroatoms. The lowest BCUT2D eigenvalue weighted by Gasteiger charge is -2.21. The van der Waals surface area contributed by atoms with E-state index in [0.29, 0.717) is 25.7 Å². The summed E-state index contributed by atoms with van der Waals surface area (Å²) in [6.07, 6.45) is 69.5. The molecule has 17 nitrogen and oxygen atoms in total. The third-order valence-electron chi connectivity index (χ3n) is 21.0. The van der Waals surface area contributed by atoms with E-state index in [4.69, 9.17) is 37.0 Å². The molecule has 0 saturated heterocycles. The second kappa shape index (κ2) is 78.0. The van der Waals surface area contributed by atoms with E-state index in [0.717, 1.165) is 114 Å². The van der Waals surface area contributed by atoms with Crippen molar-refractivity contribution in [2.75, 3.05) is 39.6 Å². The molecule has 0 bridgehead atoms. The summed E-state index contributed by atoms with van der Waals surface area (Å²) >= 11 is 0. The van der Waals surface area contributed by atoms with Gasteiger partial charge in [0.25, 0.3) is 0 Å². The summed E-state index contributed by atoms with van der Waals surface area (Å²) < 4.78 is 69.0. The smallest absolute Gasteiger partial charge is 0.462 e. The Kier molecular flexibility index (Phi) is 76.6. The highest BCUT2D eigenvalue weighted by molar-refractivity contribution is 7.47. The van der Waals surface area contributed by atoms with Crippen molar-refractivity contribution in [3.05, 3.63) is 0 Å². The molecule has 636 valence electrons. The van der Waals surface area contributed by atoms with Gasteiger partial charge in [-0.1, -0.05) is 414 Å². The van der Waals surface area contributed by atoms with Crippen molar-refractivity contribution in [1.82, 2.24) is 0 Å². The van der Waals surface area contributed by atoms with Crippen molar-refractivity contribution in [2.45, 2.75) is 484 Å². The second-order valence-corrected chi connectivity index (χ2v) is 35.7. The molecule has 0 aliphatic carbocycles. The molecule has 3 unspecified atom stereocenters. The lowest BCUT2D eigenvalue weighted by Crippen LogP contribution is -2.30. The molecule has 6 atom stereocenters. The highest BCUT2D eigenvalue weighted by Gasteiger charge is 2.31. The average Bonchev–Trinajstić information content (AvgIpc) is 0.902. The van der Waals surface area contributed by atoms with Gasteiger partial charge in [-0.15, -0.1) is 0 Å². The third kappa shape index (κ3) is 80.5. The van der Waals surface area contributed by atoms with Gasteiger partial charge in [0.1, 0.15) is 19.3 Å². The van der Waals surface area contributed by atoms with E-state index in [1.807, 2.05) is 0 Å². The minimum atomic E-state index is -4.97. The number of esters is 4. The third-order valence-corrected chi connectivity index (χ3v) is 22.9. The lowest BCUT2D eigenvalue weighted by atomic mass is 10.00. The van der Waals surface area contributed by atoms with Crippen LogP contribution in [0.25, 0.3) is 0 Å². The monoisotopic (exact) mass is 1560 g/mol. The zero-order valence-electron chi connectivity index (χ0n) is 70.6. The molecule has 0 rings (SSSR count). The van der Waals surface area contributed by atoms with Gasteiger partial charge in [0, 0.05) is 25.7 Å². The maximum absolute atomic E-state index is 13.2. The molecule has 0 fully saturated rings. The highest BCUT2D eigenvalue weighted by atomic mass is 31.2. The summed E-state index contributed by atoms with van der Waals surface area (Å²) in [4.78, 5) is 73.3. The number of phosphoric ester groups is 2. The summed E-state index contributed by atoms with van der Waals surface area (Å²) in [6.45, 7) is 12.0. The fourth-order valence-electron chi connectivity index (χ4n) is 13.7. The van der Waals surface area contributed by atoms with Crippen molar-refractivity contribution < 1.29 is 80.2 Å². The van der Waals surface area contributed by atoms with Crippen LogP contribution in [0.3, 0.4) is 0 Å². The summed E-state index contributed by atoms with van der Waals surface area (Å²) in [5.74, 6) is 0.249. The van der Waals surface area contributed by atoms with Crippen LogP contribution in [0, 0.1) is 17.8 Å². The van der Waals surface area contributed by atoms with Crippen LogP contribution in [0.1, 0.15) is 466 Å². The molecule has 0 spiro atoms. The zero-order valence-corrected chi connectivity index (χ0v) is 72.4. The summed E-state index contributed by atoms with van der Waals surface area (Å²) in [6, 6.07) is 0. The highest BCUT2D eigenvalue weighted by Crippen LogP contribution is 2.45. The Morgan fingerprint density at radius 1 is 0.271 bits per heavy atom. The van der Waals surface area contributed by atoms with E-state index in [9.17, 15) is 43.2 Å². The molecule has 0 saturated carbocycles. The minimum absolute atomic E-state index is 0.108. The number of aliphatic hydroxyl groups is 1. The molecule has 3 N–H and O–H groups in total. The van der Waals surface area contributed by atoms with Crippen LogP contribution in [0.15, 0.2) is 0 Å². The normalized spacial score (nSPS) is 14.1. The number of phosphoric acid groups is 2. The van der Waals surface area contributed by atoms with E-state index in [1.165, 1.54) is 270 Å². The van der Waals surface area contributed by atoms with Gasteiger partial charge >= 0.3 is 39.5 Å². The van der Waals surface area contributed by atoms with Crippen molar-refractivity contribution in [3.63, 3.8) is 0 Å². The Balaban J connectivity index is 5.23. The maximum atomic E-state index is 13.2. The van der Waals surface area contributed by atoms with Gasteiger partial charge in [-0.05, 0) is 43.4 Å². The molecule has 0 aromatic heterocycles. The first kappa shape index (κ1) is 105. The molecular weight excluding hydrogens is 1390 g/mol. The van der Waals surface area contributed by atoms with Crippen molar-refractivity contribution in [2.24, 2.45) is 17.8 Å². The summed E-state index contributed by atoms with van der Waals surface area (Å²) in [7, 11) is -9.93. The average molecular weight is 1560 g/mol. The van der Waals surface area contributed by atoms with Gasteiger partial charge in [-0.3, -0.25) is 37.3 Å². The molecule has 0 aliphatic rings. The summed E-state index contributed by atoms with van der Waals surface area (Å²) in [5, 5.41) is 10.7. The number of aliphatic hydroxyl groups excluding tert-OH is 1. The van der Waals surface area contributed by atoms with Gasteiger partial charge in [0.2, 0.25) is 0 Å². The molecule has 0 aromatic rings. The number of carbonyl (C=O) groups is 4. The number of unbranched alkanes of at least 4 members (excludes halogenated alkanes) is 53. The fourth-order valence-corrected chi connectivity index (χ4v) is 15.3. The van der Waals surface area contributed by atoms with Crippen molar-refractivity contribution in [1.29, 1.82) is 0 Å². The lowest BCUT2D eigenvalue weighted by molar-refractivity contribution is -0.161. The van der Waals surface area contributed by atoms with Crippen molar-refractivity contribution >= 4 is 39.5 Å². The number of carbonyl (C=O) groups excluding carboxylic acids is 4. The molecule has 0 aliphatic heterocycles. The van der Waals surface area contributed by atoms with Crippen LogP contribution in [-0.4, -0.2) is 96.7 Å². The number of ether oxygens (including phenoxy) is 4. The number of rotatable bonds is 86. The van der Waals surface area contributed by atoms with Crippen LogP contribution in [0.5, 0.6) is 0 Å². The standard InChI is InChI=1S/C88H172O17P2/c1-8-10-11-12-13-14-15-16-17-18-19-20-28-33-38-43-48-57-65-72-88(93)105-84(76-99-86(91)70-63-56-51-50-54-61-68-81(7)9-2)78-103-107(96,97)101-74-82(89)73-100-106(94,95)102-77-83(104-87(92)71-64-58-49-44-39-34-29-24-22-26-31-36-41-46-53-60-67-80(5)6)75-98-85(90)69-62-55-47-42-37-32-27-23-21-25-30-35-40-45-52-59-66-79(3)4/h79-84,89H,8-78H2,1-7H3,(H,94,95)(H,96,97)/t81?,82-,83-,84-/m1/s1. The molecule has 0 radical (unpaired) electrons. The van der Waals surface area contributed by atoms with Crippen LogP contribution < -0.4 is 0 Å². The van der Waals surface area contributed by atoms with E-state index in [2.05, 4.69) is 48.5 Å². The Morgan fingerprint density at radius 3 is 0.710 bits per heavy atom. The van der Waals surface area contributed by atoms with E-state index in [1.54, 1.807) is 0 Å². The van der Waals surface area contributed by atoms with Crippen LogP contribution >= 0.6 is 15.6 Å². The minimum Gasteiger partial charge on any atom is -0.462 e. The Bertz CT molecular complexity index is 2060. The maximum Gasteiger partial charge on any atom is 0.472 e. The predicted octanol–water partition coefficient (Wildman–Crippen LogP) is 26.9. The van der Waals surface area contributed by atoms with Gasteiger partial charge < -0.3 is 33.8 Å². The van der Waals surface area contributed by atoms with Crippen molar-refractivity contribution in [3.8, 4) is 0 Å². The summed E-state index contributed by atoms with van der Waals surface area (Å²) in [5.41, 5.74) is 0. The number of hydrogen-bond donors (Lipinski definition) is 3. The number of hydrogen-bond acceptors (Lipinski definition) is 15. The first-order chi connectivity index (χ1) is 51.8. The fraction of sp³-hybridized carbons (Fsp3) is 0.955. The molecule has 107 heavy (non-hydrogen) atoms. The molecule has 0 aromatic carbocycles. The quantitative estimate of drug-likeness (QED) is 0.0222. The first-order valence-corrected chi connectivity index (χ1v) is 48.4. The van der Waals surface area contributed by atoms with E-state index in [-0.39, 0.29) is 25.7 Å². The first-order valence-electron chi connectivity index (χ1n) is 45.4. The molecule has 0 heterocycles. The molecule has 0 amide bonds. The Labute approximate surface area is 658 Å². The van der Waals surface area contributed by atoms with Crippen LogP contribution in [0.2, 0.25) is 0 Å². The molecular formula is C88H172O17P2. The van der Waals surface area contributed by atoms with Crippen LogP contribution in [-0.2, 0) is 65.4 Å². The van der Waals surface area contributed by atoms with Gasteiger partial charge in [-0.25, -0.2) is 9.13 Å². The Morgan fingerprint density at radius 2 is 0.477 bits per heavy atom. The Hall–Kier alpha value is -1.94.